The van der Waals surface area contributed by atoms with Crippen LogP contribution in [0.4, 0.5) is 4.39 Å². The Morgan fingerprint density at radius 2 is 2.29 bits per heavy atom. The van der Waals surface area contributed by atoms with E-state index in [2.05, 4.69) is 27.5 Å². The largest absolute Gasteiger partial charge is 0.312 e. The minimum Gasteiger partial charge on any atom is -0.312 e. The molecule has 0 atom stereocenters. The summed E-state index contributed by atoms with van der Waals surface area (Å²) in [4.78, 5) is 0. The lowest BCUT2D eigenvalue weighted by Gasteiger charge is -2.05. The normalized spacial score (nSPS) is 10.5. The molecular weight excluding hydrogens is 265 g/mol. The maximum absolute atomic E-state index is 12.7. The van der Waals surface area contributed by atoms with Gasteiger partial charge in [0.25, 0.3) is 0 Å². The van der Waals surface area contributed by atoms with Crippen molar-refractivity contribution in [1.29, 1.82) is 0 Å². The minimum atomic E-state index is -0.204. The first-order valence-corrected chi connectivity index (χ1v) is 6.56. The van der Waals surface area contributed by atoms with Crippen LogP contribution in [-0.2, 0) is 6.54 Å². The standard InChI is InChI=1S/C10H13BrFNS/c1-14-5-4-13-7-8-2-3-9(12)6-10(8)11/h2-3,6,13H,4-5,7H2,1H3. The quantitative estimate of drug-likeness (QED) is 0.831. The lowest BCUT2D eigenvalue weighted by Crippen LogP contribution is -2.16. The monoisotopic (exact) mass is 277 g/mol. The van der Waals surface area contributed by atoms with E-state index in [-0.39, 0.29) is 5.82 Å². The summed E-state index contributed by atoms with van der Waals surface area (Å²) in [6.45, 7) is 1.76. The Bertz CT molecular complexity index is 293. The van der Waals surface area contributed by atoms with E-state index in [1.165, 1.54) is 12.1 Å². The van der Waals surface area contributed by atoms with E-state index < -0.39 is 0 Å². The van der Waals surface area contributed by atoms with E-state index >= 15 is 0 Å². The summed E-state index contributed by atoms with van der Waals surface area (Å²) in [6, 6.07) is 4.77. The first-order chi connectivity index (χ1) is 6.74. The van der Waals surface area contributed by atoms with Crippen LogP contribution < -0.4 is 5.32 Å². The Hall–Kier alpha value is -0.0600. The summed E-state index contributed by atoms with van der Waals surface area (Å²) in [7, 11) is 0. The molecule has 78 valence electrons. The third-order valence-electron chi connectivity index (χ3n) is 1.81. The predicted molar refractivity (Wildman–Crippen MR) is 64.2 cm³/mol. The van der Waals surface area contributed by atoms with Crippen LogP contribution in [0.2, 0.25) is 0 Å². The molecule has 0 aliphatic heterocycles. The first-order valence-electron chi connectivity index (χ1n) is 4.37. The van der Waals surface area contributed by atoms with Crippen molar-refractivity contribution in [3.05, 3.63) is 34.1 Å². The fourth-order valence-corrected chi connectivity index (χ4v) is 1.90. The second-order valence-electron chi connectivity index (χ2n) is 2.91. The van der Waals surface area contributed by atoms with E-state index in [0.717, 1.165) is 28.9 Å². The molecule has 4 heteroatoms. The summed E-state index contributed by atoms with van der Waals surface area (Å²) in [5.74, 6) is 0.892. The summed E-state index contributed by atoms with van der Waals surface area (Å²) >= 11 is 5.14. The van der Waals surface area contributed by atoms with Gasteiger partial charge in [0.05, 0.1) is 0 Å². The lowest BCUT2D eigenvalue weighted by molar-refractivity contribution is 0.624. The predicted octanol–water partition coefficient (Wildman–Crippen LogP) is 3.04. The molecule has 0 aromatic heterocycles. The van der Waals surface area contributed by atoms with Crippen LogP contribution in [0.3, 0.4) is 0 Å². The van der Waals surface area contributed by atoms with Crippen LogP contribution in [0.15, 0.2) is 22.7 Å². The average molecular weight is 278 g/mol. The van der Waals surface area contributed by atoms with Crippen molar-refractivity contribution in [3.63, 3.8) is 0 Å². The Morgan fingerprint density at radius 3 is 2.93 bits per heavy atom. The number of hydrogen-bond acceptors (Lipinski definition) is 2. The second-order valence-corrected chi connectivity index (χ2v) is 4.75. The van der Waals surface area contributed by atoms with Crippen LogP contribution in [0.5, 0.6) is 0 Å². The highest BCUT2D eigenvalue weighted by atomic mass is 79.9. The Kier molecular flexibility index (Phi) is 5.52. The summed E-state index contributed by atoms with van der Waals surface area (Å²) in [5, 5.41) is 3.29. The molecule has 1 aromatic rings. The highest BCUT2D eigenvalue weighted by Crippen LogP contribution is 2.17. The Labute approximate surface area is 96.6 Å². The van der Waals surface area contributed by atoms with Gasteiger partial charge < -0.3 is 5.32 Å². The zero-order valence-electron chi connectivity index (χ0n) is 8.02. The van der Waals surface area contributed by atoms with Gasteiger partial charge in [0, 0.05) is 23.3 Å². The molecule has 1 N–H and O–H groups in total. The molecule has 0 spiro atoms. The van der Waals surface area contributed by atoms with Gasteiger partial charge >= 0.3 is 0 Å². The SMILES string of the molecule is CSCCNCc1ccc(F)cc1Br. The molecule has 0 fully saturated rings. The zero-order chi connectivity index (χ0) is 10.4. The highest BCUT2D eigenvalue weighted by Gasteiger charge is 2.00. The van der Waals surface area contributed by atoms with Gasteiger partial charge in [0.15, 0.2) is 0 Å². The van der Waals surface area contributed by atoms with E-state index in [1.807, 2.05) is 11.8 Å². The van der Waals surface area contributed by atoms with E-state index in [4.69, 9.17) is 0 Å². The van der Waals surface area contributed by atoms with Gasteiger partial charge in [0.1, 0.15) is 5.82 Å². The molecule has 0 saturated heterocycles. The van der Waals surface area contributed by atoms with Crippen molar-refractivity contribution in [3.8, 4) is 0 Å². The van der Waals surface area contributed by atoms with Crippen molar-refractivity contribution in [2.75, 3.05) is 18.6 Å². The lowest BCUT2D eigenvalue weighted by atomic mass is 10.2. The van der Waals surface area contributed by atoms with Crippen LogP contribution in [0.25, 0.3) is 0 Å². The number of hydrogen-bond donors (Lipinski definition) is 1. The topological polar surface area (TPSA) is 12.0 Å². The van der Waals surface area contributed by atoms with Crippen LogP contribution in [0, 0.1) is 5.82 Å². The Morgan fingerprint density at radius 1 is 1.50 bits per heavy atom. The third-order valence-corrected chi connectivity index (χ3v) is 3.16. The van der Waals surface area contributed by atoms with Gasteiger partial charge in [0.2, 0.25) is 0 Å². The first kappa shape index (κ1) is 12.0. The number of benzene rings is 1. The smallest absolute Gasteiger partial charge is 0.124 e. The zero-order valence-corrected chi connectivity index (χ0v) is 10.4. The summed E-state index contributed by atoms with van der Waals surface area (Å²) in [6.07, 6.45) is 2.08. The van der Waals surface area contributed by atoms with Gasteiger partial charge in [-0.15, -0.1) is 0 Å². The summed E-state index contributed by atoms with van der Waals surface area (Å²) < 4.78 is 13.6. The van der Waals surface area contributed by atoms with Crippen molar-refractivity contribution in [2.24, 2.45) is 0 Å². The average Bonchev–Trinajstić information content (AvgIpc) is 2.15. The van der Waals surface area contributed by atoms with Gasteiger partial charge in [-0.25, -0.2) is 4.39 Å². The molecule has 0 radical (unpaired) electrons. The van der Waals surface area contributed by atoms with Crippen molar-refractivity contribution < 1.29 is 4.39 Å². The maximum Gasteiger partial charge on any atom is 0.124 e. The molecule has 0 unspecified atom stereocenters. The summed E-state index contributed by atoms with van der Waals surface area (Å²) in [5.41, 5.74) is 1.09. The van der Waals surface area contributed by atoms with Gasteiger partial charge in [-0.3, -0.25) is 0 Å². The van der Waals surface area contributed by atoms with Crippen LogP contribution in [-0.4, -0.2) is 18.6 Å². The maximum atomic E-state index is 12.7. The molecule has 0 amide bonds. The molecule has 14 heavy (non-hydrogen) atoms. The van der Waals surface area contributed by atoms with Crippen LogP contribution in [0.1, 0.15) is 5.56 Å². The Balaban J connectivity index is 2.42. The van der Waals surface area contributed by atoms with Crippen molar-refractivity contribution in [1.82, 2.24) is 5.32 Å². The van der Waals surface area contributed by atoms with Gasteiger partial charge in [-0.05, 0) is 24.0 Å². The van der Waals surface area contributed by atoms with E-state index in [1.54, 1.807) is 6.07 Å². The number of nitrogens with one attached hydrogen (secondary N) is 1. The molecule has 1 aromatic carbocycles. The number of thioether (sulfide) groups is 1. The molecule has 1 rings (SSSR count). The number of halogens is 2. The molecular formula is C10H13BrFNS. The molecule has 0 heterocycles. The molecule has 0 saturated carbocycles. The fraction of sp³-hybridized carbons (Fsp3) is 0.400. The molecule has 1 nitrogen and oxygen atoms in total. The van der Waals surface area contributed by atoms with Crippen molar-refractivity contribution in [2.45, 2.75) is 6.54 Å². The van der Waals surface area contributed by atoms with Crippen LogP contribution >= 0.6 is 27.7 Å². The molecule has 0 aliphatic carbocycles. The van der Waals surface area contributed by atoms with E-state index in [9.17, 15) is 4.39 Å². The highest BCUT2D eigenvalue weighted by molar-refractivity contribution is 9.10. The van der Waals surface area contributed by atoms with Gasteiger partial charge in [-0.2, -0.15) is 11.8 Å². The molecule has 0 bridgehead atoms. The minimum absolute atomic E-state index is 0.204. The van der Waals surface area contributed by atoms with Crippen molar-refractivity contribution >= 4 is 27.7 Å². The van der Waals surface area contributed by atoms with E-state index in [0.29, 0.717) is 0 Å². The number of rotatable bonds is 5. The van der Waals surface area contributed by atoms with Gasteiger partial charge in [-0.1, -0.05) is 22.0 Å². The fourth-order valence-electron chi connectivity index (χ4n) is 1.06. The third kappa shape index (κ3) is 3.98. The second kappa shape index (κ2) is 6.43. The molecule has 0 aliphatic rings.